The van der Waals surface area contributed by atoms with Gasteiger partial charge in [0, 0.05) is 25.5 Å². The Kier molecular flexibility index (Phi) is 4.31. The highest BCUT2D eigenvalue weighted by molar-refractivity contribution is 5.29. The smallest absolute Gasteiger partial charge is 0.225 e. The summed E-state index contributed by atoms with van der Waals surface area (Å²) in [5.41, 5.74) is 1.11. The van der Waals surface area contributed by atoms with Crippen molar-refractivity contribution in [3.63, 3.8) is 0 Å². The van der Waals surface area contributed by atoms with E-state index in [9.17, 15) is 0 Å². The molecule has 0 aromatic carbocycles. The summed E-state index contributed by atoms with van der Waals surface area (Å²) in [6, 6.07) is 0. The van der Waals surface area contributed by atoms with E-state index in [1.54, 1.807) is 0 Å². The third-order valence-corrected chi connectivity index (χ3v) is 3.31. The standard InChI is InChI=1S/C13H22N4/c1-3-17(10-12-5-4-6-14-9-12)13-15-7-11(2)8-16-13/h7-8,12,14H,3-6,9-10H2,1-2H3. The van der Waals surface area contributed by atoms with Crippen molar-refractivity contribution in [2.24, 2.45) is 5.92 Å². The van der Waals surface area contributed by atoms with E-state index in [2.05, 4.69) is 27.1 Å². The average Bonchev–Trinajstić information content (AvgIpc) is 2.38. The summed E-state index contributed by atoms with van der Waals surface area (Å²) in [6.07, 6.45) is 6.39. The van der Waals surface area contributed by atoms with Gasteiger partial charge in [0.15, 0.2) is 0 Å². The number of hydrogen-bond donors (Lipinski definition) is 1. The van der Waals surface area contributed by atoms with Crippen LogP contribution in [-0.2, 0) is 0 Å². The number of hydrogen-bond acceptors (Lipinski definition) is 4. The van der Waals surface area contributed by atoms with Crippen molar-refractivity contribution < 1.29 is 0 Å². The number of nitrogens with one attached hydrogen (secondary N) is 1. The van der Waals surface area contributed by atoms with Gasteiger partial charge in [0.05, 0.1) is 0 Å². The van der Waals surface area contributed by atoms with Gasteiger partial charge in [-0.25, -0.2) is 9.97 Å². The number of anilines is 1. The van der Waals surface area contributed by atoms with Gasteiger partial charge in [0.1, 0.15) is 0 Å². The molecule has 1 aromatic heterocycles. The third kappa shape index (κ3) is 3.40. The van der Waals surface area contributed by atoms with E-state index in [4.69, 9.17) is 0 Å². The van der Waals surface area contributed by atoms with Crippen LogP contribution in [0.5, 0.6) is 0 Å². The number of aromatic nitrogens is 2. The molecule has 94 valence electrons. The maximum Gasteiger partial charge on any atom is 0.225 e. The molecule has 1 fully saturated rings. The number of piperidine rings is 1. The van der Waals surface area contributed by atoms with Gasteiger partial charge in [0.2, 0.25) is 5.95 Å². The van der Waals surface area contributed by atoms with Gasteiger partial charge >= 0.3 is 0 Å². The lowest BCUT2D eigenvalue weighted by Gasteiger charge is -2.29. The van der Waals surface area contributed by atoms with E-state index in [1.165, 1.54) is 19.4 Å². The molecule has 1 unspecified atom stereocenters. The molecule has 1 atom stereocenters. The van der Waals surface area contributed by atoms with Gasteiger partial charge in [-0.05, 0) is 51.3 Å². The van der Waals surface area contributed by atoms with Gasteiger partial charge in [-0.3, -0.25) is 0 Å². The molecule has 17 heavy (non-hydrogen) atoms. The van der Waals surface area contributed by atoms with Crippen LogP contribution in [0.3, 0.4) is 0 Å². The van der Waals surface area contributed by atoms with Gasteiger partial charge in [-0.2, -0.15) is 0 Å². The quantitative estimate of drug-likeness (QED) is 0.859. The van der Waals surface area contributed by atoms with Crippen LogP contribution in [0, 0.1) is 12.8 Å². The maximum atomic E-state index is 4.41. The highest BCUT2D eigenvalue weighted by Crippen LogP contribution is 2.15. The second-order valence-corrected chi connectivity index (χ2v) is 4.81. The zero-order valence-electron chi connectivity index (χ0n) is 10.8. The molecule has 2 rings (SSSR count). The van der Waals surface area contributed by atoms with Gasteiger partial charge in [-0.1, -0.05) is 0 Å². The Bertz CT molecular complexity index is 330. The molecule has 1 aliphatic heterocycles. The van der Waals surface area contributed by atoms with Crippen molar-refractivity contribution >= 4 is 5.95 Å². The molecule has 1 saturated heterocycles. The molecular formula is C13H22N4. The van der Waals surface area contributed by atoms with Crippen LogP contribution in [0.25, 0.3) is 0 Å². The maximum absolute atomic E-state index is 4.41. The summed E-state index contributed by atoms with van der Waals surface area (Å²) in [6.45, 7) is 8.52. The molecule has 2 heterocycles. The minimum atomic E-state index is 0.730. The molecule has 4 heteroatoms. The summed E-state index contributed by atoms with van der Waals surface area (Å²) in [5.74, 6) is 1.59. The lowest BCUT2D eigenvalue weighted by molar-refractivity contribution is 0.376. The first-order valence-electron chi connectivity index (χ1n) is 6.54. The summed E-state index contributed by atoms with van der Waals surface area (Å²) in [4.78, 5) is 11.1. The van der Waals surface area contributed by atoms with Crippen LogP contribution in [0.1, 0.15) is 25.3 Å². The Morgan fingerprint density at radius 2 is 2.18 bits per heavy atom. The monoisotopic (exact) mass is 234 g/mol. The molecular weight excluding hydrogens is 212 g/mol. The van der Waals surface area contributed by atoms with Crippen molar-refractivity contribution in [3.05, 3.63) is 18.0 Å². The minimum absolute atomic E-state index is 0.730. The molecule has 0 radical (unpaired) electrons. The van der Waals surface area contributed by atoms with Crippen molar-refractivity contribution in [1.82, 2.24) is 15.3 Å². The lowest BCUT2D eigenvalue weighted by Crippen LogP contribution is -2.39. The average molecular weight is 234 g/mol. The van der Waals surface area contributed by atoms with Crippen LogP contribution >= 0.6 is 0 Å². The summed E-state index contributed by atoms with van der Waals surface area (Å²) in [5, 5.41) is 3.46. The third-order valence-electron chi connectivity index (χ3n) is 3.31. The predicted molar refractivity (Wildman–Crippen MR) is 70.2 cm³/mol. The number of rotatable bonds is 4. The van der Waals surface area contributed by atoms with Crippen molar-refractivity contribution in [2.45, 2.75) is 26.7 Å². The summed E-state index contributed by atoms with van der Waals surface area (Å²) in [7, 11) is 0. The van der Waals surface area contributed by atoms with Gasteiger partial charge in [0.25, 0.3) is 0 Å². The second kappa shape index (κ2) is 5.96. The Balaban J connectivity index is 1.97. The SMILES string of the molecule is CCN(CC1CCCNC1)c1ncc(C)cn1. The number of nitrogens with zero attached hydrogens (tertiary/aromatic N) is 3. The van der Waals surface area contributed by atoms with Crippen LogP contribution in [0.4, 0.5) is 5.95 Å². The van der Waals surface area contributed by atoms with E-state index in [-0.39, 0.29) is 0 Å². The Hall–Kier alpha value is -1.16. The highest BCUT2D eigenvalue weighted by atomic mass is 15.2. The first-order valence-corrected chi connectivity index (χ1v) is 6.54. The summed E-state index contributed by atoms with van der Waals surface area (Å²) < 4.78 is 0. The van der Waals surface area contributed by atoms with Crippen LogP contribution < -0.4 is 10.2 Å². The van der Waals surface area contributed by atoms with E-state index in [0.29, 0.717) is 0 Å². The van der Waals surface area contributed by atoms with Crippen molar-refractivity contribution in [3.8, 4) is 0 Å². The molecule has 0 spiro atoms. The van der Waals surface area contributed by atoms with Crippen molar-refractivity contribution in [2.75, 3.05) is 31.1 Å². The number of aryl methyl sites for hydroxylation is 1. The minimum Gasteiger partial charge on any atom is -0.341 e. The van der Waals surface area contributed by atoms with Crippen LogP contribution in [0.15, 0.2) is 12.4 Å². The van der Waals surface area contributed by atoms with Gasteiger partial charge < -0.3 is 10.2 Å². The second-order valence-electron chi connectivity index (χ2n) is 4.81. The normalized spacial score (nSPS) is 20.2. The largest absolute Gasteiger partial charge is 0.341 e. The van der Waals surface area contributed by atoms with E-state index < -0.39 is 0 Å². The molecule has 0 bridgehead atoms. The van der Waals surface area contributed by atoms with E-state index >= 15 is 0 Å². The fourth-order valence-corrected chi connectivity index (χ4v) is 2.29. The first-order chi connectivity index (χ1) is 8.29. The molecule has 4 nitrogen and oxygen atoms in total. The lowest BCUT2D eigenvalue weighted by atomic mass is 9.99. The van der Waals surface area contributed by atoms with Crippen LogP contribution in [-0.4, -0.2) is 36.1 Å². The molecule has 1 aromatic rings. The fraction of sp³-hybridized carbons (Fsp3) is 0.692. The van der Waals surface area contributed by atoms with E-state index in [0.717, 1.165) is 37.1 Å². The zero-order valence-corrected chi connectivity index (χ0v) is 10.8. The molecule has 0 saturated carbocycles. The highest BCUT2D eigenvalue weighted by Gasteiger charge is 2.17. The topological polar surface area (TPSA) is 41.0 Å². The fourth-order valence-electron chi connectivity index (χ4n) is 2.29. The van der Waals surface area contributed by atoms with Gasteiger partial charge in [-0.15, -0.1) is 0 Å². The predicted octanol–water partition coefficient (Wildman–Crippen LogP) is 1.61. The first kappa shape index (κ1) is 12.3. The zero-order chi connectivity index (χ0) is 12.1. The van der Waals surface area contributed by atoms with E-state index in [1.807, 2.05) is 19.3 Å². The Labute approximate surface area is 103 Å². The summed E-state index contributed by atoms with van der Waals surface area (Å²) >= 11 is 0. The van der Waals surface area contributed by atoms with Crippen molar-refractivity contribution in [1.29, 1.82) is 0 Å². The molecule has 0 aliphatic carbocycles. The molecule has 0 amide bonds. The van der Waals surface area contributed by atoms with Crippen LogP contribution in [0.2, 0.25) is 0 Å². The Morgan fingerprint density at radius 1 is 1.41 bits per heavy atom. The molecule has 1 N–H and O–H groups in total. The molecule has 1 aliphatic rings. The Morgan fingerprint density at radius 3 is 2.76 bits per heavy atom.